The molecule has 0 aliphatic carbocycles. The molecule has 1 aromatic carbocycles. The number of hydrogen-bond donors (Lipinski definition) is 2. The Bertz CT molecular complexity index is 520. The average Bonchev–Trinajstić information content (AvgIpc) is 2.41. The van der Waals surface area contributed by atoms with Gasteiger partial charge >= 0.3 is 12.0 Å². The molecule has 0 aromatic heterocycles. The topological polar surface area (TPSA) is 69.6 Å². The van der Waals surface area contributed by atoms with Crippen molar-refractivity contribution in [3.05, 3.63) is 35.1 Å². The molecule has 0 heterocycles. The lowest BCUT2D eigenvalue weighted by molar-refractivity contribution is -0.137. The van der Waals surface area contributed by atoms with Crippen LogP contribution in [0, 0.1) is 12.7 Å². The van der Waals surface area contributed by atoms with Gasteiger partial charge in [-0.3, -0.25) is 4.79 Å². The summed E-state index contributed by atoms with van der Waals surface area (Å²) in [6.45, 7) is 3.80. The van der Waals surface area contributed by atoms with Crippen molar-refractivity contribution in [2.75, 3.05) is 13.6 Å². The number of carbonyl (C=O) groups excluding carboxylic acids is 1. The minimum absolute atomic E-state index is 0.0242. The lowest BCUT2D eigenvalue weighted by Crippen LogP contribution is -2.39. The molecule has 2 N–H and O–H groups in total. The second-order valence-corrected chi connectivity index (χ2v) is 5.10. The third-order valence-electron chi connectivity index (χ3n) is 3.27. The SMILES string of the molecule is Cc1ccc(C(C)NC(=O)N(C)CCCC(=O)O)cc1F. The number of hydrogen-bond acceptors (Lipinski definition) is 2. The van der Waals surface area contributed by atoms with Crippen molar-refractivity contribution in [3.8, 4) is 0 Å². The van der Waals surface area contributed by atoms with Gasteiger partial charge in [0.15, 0.2) is 0 Å². The third kappa shape index (κ3) is 5.41. The van der Waals surface area contributed by atoms with Crippen molar-refractivity contribution in [2.24, 2.45) is 0 Å². The number of nitrogens with zero attached hydrogens (tertiary/aromatic N) is 1. The first-order chi connectivity index (χ1) is 9.81. The zero-order chi connectivity index (χ0) is 16.0. The highest BCUT2D eigenvalue weighted by Gasteiger charge is 2.14. The highest BCUT2D eigenvalue weighted by atomic mass is 19.1. The summed E-state index contributed by atoms with van der Waals surface area (Å²) in [6.07, 6.45) is 0.420. The Morgan fingerprint density at radius 3 is 2.67 bits per heavy atom. The molecular weight excluding hydrogens is 275 g/mol. The zero-order valence-electron chi connectivity index (χ0n) is 12.5. The lowest BCUT2D eigenvalue weighted by atomic mass is 10.1. The van der Waals surface area contributed by atoms with Crippen LogP contribution < -0.4 is 5.32 Å². The Hall–Kier alpha value is -2.11. The molecule has 0 spiro atoms. The molecule has 0 radical (unpaired) electrons. The smallest absolute Gasteiger partial charge is 0.317 e. The van der Waals surface area contributed by atoms with Gasteiger partial charge in [0.25, 0.3) is 0 Å². The van der Waals surface area contributed by atoms with Crippen molar-refractivity contribution in [3.63, 3.8) is 0 Å². The summed E-state index contributed by atoms with van der Waals surface area (Å²) in [7, 11) is 1.60. The van der Waals surface area contributed by atoms with E-state index in [9.17, 15) is 14.0 Å². The second-order valence-electron chi connectivity index (χ2n) is 5.10. The molecule has 2 amide bonds. The Balaban J connectivity index is 2.52. The van der Waals surface area contributed by atoms with Crippen molar-refractivity contribution in [2.45, 2.75) is 32.7 Å². The number of aliphatic carboxylic acids is 1. The summed E-state index contributed by atoms with van der Waals surface area (Å²) in [5.41, 5.74) is 1.24. The monoisotopic (exact) mass is 296 g/mol. The number of carboxylic acids is 1. The maximum atomic E-state index is 13.5. The van der Waals surface area contributed by atoms with Gasteiger partial charge in [-0.15, -0.1) is 0 Å². The van der Waals surface area contributed by atoms with E-state index < -0.39 is 5.97 Å². The van der Waals surface area contributed by atoms with Gasteiger partial charge < -0.3 is 15.3 Å². The third-order valence-corrected chi connectivity index (χ3v) is 3.27. The summed E-state index contributed by atoms with van der Waals surface area (Å²) >= 11 is 0. The van der Waals surface area contributed by atoms with E-state index in [-0.39, 0.29) is 24.3 Å². The van der Waals surface area contributed by atoms with E-state index in [0.717, 1.165) is 0 Å². The van der Waals surface area contributed by atoms with Crippen LogP contribution in [0.15, 0.2) is 18.2 Å². The average molecular weight is 296 g/mol. The normalized spacial score (nSPS) is 11.8. The summed E-state index contributed by atoms with van der Waals surface area (Å²) < 4.78 is 13.5. The number of amides is 2. The van der Waals surface area contributed by atoms with Gasteiger partial charge in [-0.1, -0.05) is 12.1 Å². The lowest BCUT2D eigenvalue weighted by Gasteiger charge is -2.21. The van der Waals surface area contributed by atoms with E-state index in [2.05, 4.69) is 5.32 Å². The predicted octanol–water partition coefficient (Wildman–Crippen LogP) is 2.70. The summed E-state index contributed by atoms with van der Waals surface area (Å²) in [5, 5.41) is 11.3. The van der Waals surface area contributed by atoms with Crippen molar-refractivity contribution in [1.29, 1.82) is 0 Å². The van der Waals surface area contributed by atoms with Crippen LogP contribution >= 0.6 is 0 Å². The summed E-state index contributed by atoms with van der Waals surface area (Å²) in [6, 6.07) is 4.21. The van der Waals surface area contributed by atoms with E-state index in [0.29, 0.717) is 24.1 Å². The number of nitrogens with one attached hydrogen (secondary N) is 1. The molecule has 0 fully saturated rings. The van der Waals surface area contributed by atoms with Gasteiger partial charge in [-0.25, -0.2) is 9.18 Å². The number of urea groups is 1. The van der Waals surface area contributed by atoms with Crippen LogP contribution in [-0.4, -0.2) is 35.6 Å². The number of halogens is 1. The molecule has 1 aromatic rings. The van der Waals surface area contributed by atoms with E-state index in [1.165, 1.54) is 11.0 Å². The van der Waals surface area contributed by atoms with Gasteiger partial charge in [0.1, 0.15) is 5.82 Å². The van der Waals surface area contributed by atoms with Crippen LogP contribution in [0.4, 0.5) is 9.18 Å². The second kappa shape index (κ2) is 7.61. The summed E-state index contributed by atoms with van der Waals surface area (Å²) in [4.78, 5) is 23.8. The van der Waals surface area contributed by atoms with Crippen LogP contribution in [0.5, 0.6) is 0 Å². The fourth-order valence-corrected chi connectivity index (χ4v) is 1.83. The maximum Gasteiger partial charge on any atom is 0.317 e. The largest absolute Gasteiger partial charge is 0.481 e. The van der Waals surface area contributed by atoms with Crippen LogP contribution in [-0.2, 0) is 4.79 Å². The fraction of sp³-hybridized carbons (Fsp3) is 0.467. The molecule has 1 rings (SSSR count). The fourth-order valence-electron chi connectivity index (χ4n) is 1.83. The molecule has 0 aliphatic heterocycles. The minimum Gasteiger partial charge on any atom is -0.481 e. The maximum absolute atomic E-state index is 13.5. The van der Waals surface area contributed by atoms with Crippen molar-refractivity contribution in [1.82, 2.24) is 10.2 Å². The van der Waals surface area contributed by atoms with Gasteiger partial charge in [0, 0.05) is 20.0 Å². The highest BCUT2D eigenvalue weighted by Crippen LogP contribution is 2.16. The number of benzene rings is 1. The van der Waals surface area contributed by atoms with Crippen LogP contribution in [0.3, 0.4) is 0 Å². The number of carboxylic acid groups (broad SMARTS) is 1. The molecule has 5 nitrogen and oxygen atoms in total. The molecule has 1 unspecified atom stereocenters. The standard InChI is InChI=1S/C15H21FN2O3/c1-10-6-7-12(9-13(10)16)11(2)17-15(21)18(3)8-4-5-14(19)20/h6-7,9,11H,4-5,8H2,1-3H3,(H,17,21)(H,19,20). The van der Waals surface area contributed by atoms with Crippen molar-refractivity contribution < 1.29 is 19.1 Å². The predicted molar refractivity (Wildman–Crippen MR) is 77.6 cm³/mol. The number of carbonyl (C=O) groups is 2. The summed E-state index contributed by atoms with van der Waals surface area (Å²) in [5.74, 6) is -1.18. The van der Waals surface area contributed by atoms with E-state index >= 15 is 0 Å². The van der Waals surface area contributed by atoms with Gasteiger partial charge in [-0.2, -0.15) is 0 Å². The van der Waals surface area contributed by atoms with E-state index in [4.69, 9.17) is 5.11 Å². The molecule has 0 aliphatic rings. The van der Waals surface area contributed by atoms with E-state index in [1.54, 1.807) is 33.0 Å². The molecule has 0 saturated carbocycles. The first kappa shape index (κ1) is 16.9. The number of aryl methyl sites for hydroxylation is 1. The highest BCUT2D eigenvalue weighted by molar-refractivity contribution is 5.74. The molecule has 1 atom stereocenters. The van der Waals surface area contributed by atoms with Crippen LogP contribution in [0.25, 0.3) is 0 Å². The molecule has 6 heteroatoms. The molecule has 116 valence electrons. The first-order valence-corrected chi connectivity index (χ1v) is 6.80. The van der Waals surface area contributed by atoms with E-state index in [1.807, 2.05) is 0 Å². The van der Waals surface area contributed by atoms with Crippen LogP contribution in [0.1, 0.15) is 36.9 Å². The van der Waals surface area contributed by atoms with Gasteiger partial charge in [0.05, 0.1) is 6.04 Å². The number of rotatable bonds is 6. The Morgan fingerprint density at radius 1 is 1.43 bits per heavy atom. The Morgan fingerprint density at radius 2 is 2.10 bits per heavy atom. The van der Waals surface area contributed by atoms with Gasteiger partial charge in [0.2, 0.25) is 0 Å². The van der Waals surface area contributed by atoms with Crippen LogP contribution in [0.2, 0.25) is 0 Å². The Labute approximate surface area is 123 Å². The molecular formula is C15H21FN2O3. The van der Waals surface area contributed by atoms with Gasteiger partial charge in [-0.05, 0) is 37.5 Å². The molecule has 21 heavy (non-hydrogen) atoms. The quantitative estimate of drug-likeness (QED) is 0.848. The zero-order valence-corrected chi connectivity index (χ0v) is 12.5. The molecule has 0 saturated heterocycles. The first-order valence-electron chi connectivity index (χ1n) is 6.80. The minimum atomic E-state index is -0.882. The Kier molecular flexibility index (Phi) is 6.14. The molecule has 0 bridgehead atoms. The van der Waals surface area contributed by atoms with Crippen molar-refractivity contribution >= 4 is 12.0 Å².